The summed E-state index contributed by atoms with van der Waals surface area (Å²) in [5, 5.41) is 22.3. The molecule has 0 aliphatic heterocycles. The average Bonchev–Trinajstić information content (AvgIpc) is 3.15. The monoisotopic (exact) mass is 431 g/mol. The average molecular weight is 431 g/mol. The molecule has 0 aliphatic rings. The number of benzene rings is 2. The van der Waals surface area contributed by atoms with Crippen LogP contribution in [0.4, 0.5) is 15.8 Å². The molecule has 0 radical (unpaired) electrons. The second-order valence-corrected chi connectivity index (χ2v) is 7.02. The van der Waals surface area contributed by atoms with E-state index in [9.17, 15) is 19.3 Å². The number of amides is 1. The SMILES string of the molecule is COCCn1c(SCC(=O)Nc2ccc(F)c([N+](=O)[O-])c2)nnc1-c1ccccc1. The highest BCUT2D eigenvalue weighted by Gasteiger charge is 2.17. The van der Waals surface area contributed by atoms with Gasteiger partial charge in [0, 0.05) is 24.4 Å². The Balaban J connectivity index is 1.71. The van der Waals surface area contributed by atoms with E-state index in [1.165, 1.54) is 17.8 Å². The number of nitro benzene ring substituents is 1. The van der Waals surface area contributed by atoms with Crippen molar-refractivity contribution in [1.82, 2.24) is 14.8 Å². The number of nitro groups is 1. The third-order valence-corrected chi connectivity index (χ3v) is 4.99. The molecule has 30 heavy (non-hydrogen) atoms. The molecule has 0 fully saturated rings. The second-order valence-electron chi connectivity index (χ2n) is 6.08. The van der Waals surface area contributed by atoms with Gasteiger partial charge in [-0.25, -0.2) is 0 Å². The molecule has 0 bridgehead atoms. The van der Waals surface area contributed by atoms with Gasteiger partial charge in [-0.1, -0.05) is 42.1 Å². The standard InChI is InChI=1S/C19H18FN5O4S/c1-29-10-9-24-18(13-5-3-2-4-6-13)22-23-19(24)30-12-17(26)21-14-7-8-15(20)16(11-14)25(27)28/h2-8,11H,9-10,12H2,1H3,(H,21,26). The molecule has 3 aromatic rings. The first kappa shape index (κ1) is 21.4. The summed E-state index contributed by atoms with van der Waals surface area (Å²) in [4.78, 5) is 22.3. The Kier molecular flexibility index (Phi) is 7.09. The number of hydrogen-bond donors (Lipinski definition) is 1. The summed E-state index contributed by atoms with van der Waals surface area (Å²) in [6, 6.07) is 12.7. The highest BCUT2D eigenvalue weighted by molar-refractivity contribution is 7.99. The van der Waals surface area contributed by atoms with E-state index in [1.807, 2.05) is 34.9 Å². The lowest BCUT2D eigenvalue weighted by atomic mass is 10.2. The number of thioether (sulfide) groups is 1. The van der Waals surface area contributed by atoms with Crippen molar-refractivity contribution in [2.75, 3.05) is 24.8 Å². The van der Waals surface area contributed by atoms with Crippen LogP contribution >= 0.6 is 11.8 Å². The number of rotatable bonds is 9. The highest BCUT2D eigenvalue weighted by atomic mass is 32.2. The quantitative estimate of drug-likeness (QED) is 0.314. The fraction of sp³-hybridized carbons (Fsp3) is 0.211. The maximum Gasteiger partial charge on any atom is 0.306 e. The summed E-state index contributed by atoms with van der Waals surface area (Å²) in [6.07, 6.45) is 0. The Morgan fingerprint density at radius 1 is 1.27 bits per heavy atom. The molecule has 1 heterocycles. The van der Waals surface area contributed by atoms with E-state index >= 15 is 0 Å². The van der Waals surface area contributed by atoms with Crippen LogP contribution in [0.15, 0.2) is 53.7 Å². The molecule has 2 aromatic carbocycles. The Morgan fingerprint density at radius 3 is 2.73 bits per heavy atom. The van der Waals surface area contributed by atoms with Crippen LogP contribution in [0.3, 0.4) is 0 Å². The van der Waals surface area contributed by atoms with Gasteiger partial charge in [-0.3, -0.25) is 19.5 Å². The van der Waals surface area contributed by atoms with Crippen LogP contribution in [0.1, 0.15) is 0 Å². The van der Waals surface area contributed by atoms with Crippen molar-refractivity contribution >= 4 is 29.0 Å². The van der Waals surface area contributed by atoms with Gasteiger partial charge >= 0.3 is 5.69 Å². The first-order valence-electron chi connectivity index (χ1n) is 8.83. The minimum atomic E-state index is -0.966. The molecular formula is C19H18FN5O4S. The van der Waals surface area contributed by atoms with Crippen molar-refractivity contribution in [3.05, 3.63) is 64.5 Å². The Labute approximate surface area is 175 Å². The zero-order valence-corrected chi connectivity index (χ0v) is 16.8. The van der Waals surface area contributed by atoms with E-state index in [1.54, 1.807) is 7.11 Å². The van der Waals surface area contributed by atoms with Crippen LogP contribution in [-0.4, -0.2) is 45.1 Å². The molecule has 0 atom stereocenters. The lowest BCUT2D eigenvalue weighted by Gasteiger charge is -2.10. The number of halogens is 1. The molecule has 0 saturated heterocycles. The molecule has 0 spiro atoms. The maximum atomic E-state index is 13.4. The minimum Gasteiger partial charge on any atom is -0.383 e. The third kappa shape index (κ3) is 5.19. The molecule has 0 unspecified atom stereocenters. The van der Waals surface area contributed by atoms with Crippen LogP contribution in [0, 0.1) is 15.9 Å². The van der Waals surface area contributed by atoms with Gasteiger partial charge in [0.25, 0.3) is 0 Å². The largest absolute Gasteiger partial charge is 0.383 e. The van der Waals surface area contributed by atoms with Gasteiger partial charge in [-0.05, 0) is 12.1 Å². The number of nitrogens with one attached hydrogen (secondary N) is 1. The summed E-state index contributed by atoms with van der Waals surface area (Å²) >= 11 is 1.17. The van der Waals surface area contributed by atoms with Gasteiger partial charge in [0.15, 0.2) is 11.0 Å². The number of methoxy groups -OCH3 is 1. The lowest BCUT2D eigenvalue weighted by molar-refractivity contribution is -0.387. The van der Waals surface area contributed by atoms with Gasteiger partial charge in [0.1, 0.15) is 0 Å². The summed E-state index contributed by atoms with van der Waals surface area (Å²) < 4.78 is 20.4. The summed E-state index contributed by atoms with van der Waals surface area (Å²) in [6.45, 7) is 0.943. The second kappa shape index (κ2) is 9.94. The van der Waals surface area contributed by atoms with Crippen LogP contribution in [-0.2, 0) is 16.1 Å². The summed E-state index contributed by atoms with van der Waals surface area (Å²) in [5.74, 6) is -0.731. The van der Waals surface area contributed by atoms with E-state index in [-0.39, 0.29) is 11.4 Å². The van der Waals surface area contributed by atoms with E-state index in [0.717, 1.165) is 17.7 Å². The Bertz CT molecular complexity index is 1040. The maximum absolute atomic E-state index is 13.4. The molecule has 11 heteroatoms. The number of aromatic nitrogens is 3. The molecule has 9 nitrogen and oxygen atoms in total. The van der Waals surface area contributed by atoms with Crippen molar-refractivity contribution in [2.24, 2.45) is 0 Å². The first-order valence-corrected chi connectivity index (χ1v) is 9.82. The Hall–Kier alpha value is -3.31. The van der Waals surface area contributed by atoms with E-state index in [4.69, 9.17) is 4.74 Å². The smallest absolute Gasteiger partial charge is 0.306 e. The van der Waals surface area contributed by atoms with Gasteiger partial charge in [0.05, 0.1) is 23.8 Å². The van der Waals surface area contributed by atoms with E-state index in [2.05, 4.69) is 15.5 Å². The molecule has 3 rings (SSSR count). The van der Waals surface area contributed by atoms with Gasteiger partial charge in [-0.15, -0.1) is 10.2 Å². The van der Waals surface area contributed by atoms with E-state index in [0.29, 0.717) is 24.1 Å². The minimum absolute atomic E-state index is 0.00885. The lowest BCUT2D eigenvalue weighted by Crippen LogP contribution is -2.15. The zero-order valence-electron chi connectivity index (χ0n) is 15.9. The van der Waals surface area contributed by atoms with Crippen molar-refractivity contribution in [1.29, 1.82) is 0 Å². The van der Waals surface area contributed by atoms with Gasteiger partial charge < -0.3 is 10.1 Å². The van der Waals surface area contributed by atoms with Gasteiger partial charge in [0.2, 0.25) is 11.7 Å². The van der Waals surface area contributed by atoms with Crippen LogP contribution in [0.5, 0.6) is 0 Å². The van der Waals surface area contributed by atoms with Crippen LogP contribution in [0.25, 0.3) is 11.4 Å². The molecular weight excluding hydrogens is 413 g/mol. The number of nitrogens with zero attached hydrogens (tertiary/aromatic N) is 4. The summed E-state index contributed by atoms with van der Waals surface area (Å²) in [7, 11) is 1.59. The molecule has 1 aromatic heterocycles. The molecule has 0 saturated carbocycles. The number of ether oxygens (including phenoxy) is 1. The molecule has 0 aliphatic carbocycles. The number of hydrogen-bond acceptors (Lipinski definition) is 7. The van der Waals surface area contributed by atoms with Crippen LogP contribution in [0.2, 0.25) is 0 Å². The highest BCUT2D eigenvalue weighted by Crippen LogP contribution is 2.25. The third-order valence-electron chi connectivity index (χ3n) is 4.03. The topological polar surface area (TPSA) is 112 Å². The van der Waals surface area contributed by atoms with Gasteiger partial charge in [-0.2, -0.15) is 4.39 Å². The predicted molar refractivity (Wildman–Crippen MR) is 110 cm³/mol. The number of anilines is 1. The molecule has 1 N–H and O–H groups in total. The Morgan fingerprint density at radius 2 is 2.03 bits per heavy atom. The fourth-order valence-corrected chi connectivity index (χ4v) is 3.40. The molecule has 1 amide bonds. The van der Waals surface area contributed by atoms with Crippen LogP contribution < -0.4 is 5.32 Å². The van der Waals surface area contributed by atoms with Crippen molar-refractivity contribution in [2.45, 2.75) is 11.7 Å². The predicted octanol–water partition coefficient (Wildman–Crippen LogP) is 3.37. The summed E-state index contributed by atoms with van der Waals surface area (Å²) in [5.41, 5.74) is 0.322. The van der Waals surface area contributed by atoms with Crippen molar-refractivity contribution in [3.63, 3.8) is 0 Å². The van der Waals surface area contributed by atoms with Crippen molar-refractivity contribution in [3.8, 4) is 11.4 Å². The number of carbonyl (C=O) groups excluding carboxylic acids is 1. The van der Waals surface area contributed by atoms with E-state index < -0.39 is 22.3 Å². The number of carbonyl (C=O) groups is 1. The molecule has 156 valence electrons. The normalized spacial score (nSPS) is 10.7. The first-order chi connectivity index (χ1) is 14.5. The zero-order chi connectivity index (χ0) is 21.5. The fourth-order valence-electron chi connectivity index (χ4n) is 2.64. The van der Waals surface area contributed by atoms with Crippen molar-refractivity contribution < 1.29 is 18.8 Å².